The fourth-order valence-corrected chi connectivity index (χ4v) is 6.39. The quantitative estimate of drug-likeness (QED) is 0.187. The van der Waals surface area contributed by atoms with Crippen LogP contribution in [-0.2, 0) is 6.18 Å². The highest BCUT2D eigenvalue weighted by Crippen LogP contribution is 2.40. The zero-order valence-corrected chi connectivity index (χ0v) is 26.7. The maximum absolute atomic E-state index is 13.6. The van der Waals surface area contributed by atoms with Gasteiger partial charge in [0.2, 0.25) is 0 Å². The summed E-state index contributed by atoms with van der Waals surface area (Å²) in [5.41, 5.74) is 8.26. The maximum Gasteiger partial charge on any atom is 0.416 e. The van der Waals surface area contributed by atoms with Crippen LogP contribution in [0.5, 0.6) is 0 Å². The van der Waals surface area contributed by atoms with E-state index in [4.69, 9.17) is 15.0 Å². The number of aryl methyl sites for hydroxylation is 2. The van der Waals surface area contributed by atoms with Gasteiger partial charge in [-0.25, -0.2) is 15.0 Å². The molecule has 8 aromatic rings. The first-order valence-corrected chi connectivity index (χ1v) is 15.9. The average molecular weight is 647 g/mol. The molecule has 0 N–H and O–H groups in total. The van der Waals surface area contributed by atoms with Crippen molar-refractivity contribution in [3.63, 3.8) is 0 Å². The first kappa shape index (κ1) is 30.3. The van der Waals surface area contributed by atoms with Gasteiger partial charge in [0.25, 0.3) is 0 Å². The Bertz CT molecular complexity index is 2370. The number of hydrogen-bond donors (Lipinski definition) is 0. The standard InChI is InChI=1S/C42H29F3N4/c1-26-13-21-36-34(23-26)35-24-27(2)14-22-37(35)49(36)38-25-31(17-20-33(38)28-15-18-32(19-16-28)42(43,44)45)41-47-39(29-9-5-3-6-10-29)46-40(48-41)30-11-7-4-8-12-30/h3-25H,1-2H3. The molecule has 4 nitrogen and oxygen atoms in total. The summed E-state index contributed by atoms with van der Waals surface area (Å²) in [7, 11) is 0. The van der Waals surface area contributed by atoms with Crippen LogP contribution in [-0.4, -0.2) is 19.5 Å². The molecular formula is C42H29F3N4. The largest absolute Gasteiger partial charge is 0.416 e. The van der Waals surface area contributed by atoms with Gasteiger partial charge in [0.05, 0.1) is 22.3 Å². The van der Waals surface area contributed by atoms with Gasteiger partial charge < -0.3 is 4.57 Å². The van der Waals surface area contributed by atoms with Crippen molar-refractivity contribution in [2.45, 2.75) is 20.0 Å². The molecule has 0 aliphatic rings. The van der Waals surface area contributed by atoms with E-state index in [1.54, 1.807) is 0 Å². The molecule has 0 spiro atoms. The van der Waals surface area contributed by atoms with Crippen LogP contribution < -0.4 is 0 Å². The van der Waals surface area contributed by atoms with Crippen molar-refractivity contribution in [3.05, 3.63) is 156 Å². The molecule has 6 aromatic carbocycles. The van der Waals surface area contributed by atoms with Crippen LogP contribution in [0, 0.1) is 13.8 Å². The second-order valence-electron chi connectivity index (χ2n) is 12.2. The van der Waals surface area contributed by atoms with Crippen LogP contribution in [0.1, 0.15) is 16.7 Å². The molecular weight excluding hydrogens is 617 g/mol. The Balaban J connectivity index is 1.41. The summed E-state index contributed by atoms with van der Waals surface area (Å²) in [6.45, 7) is 4.14. The lowest BCUT2D eigenvalue weighted by molar-refractivity contribution is -0.137. The predicted octanol–water partition coefficient (Wildman–Crippen LogP) is 11.3. The molecule has 0 bridgehead atoms. The SMILES string of the molecule is Cc1ccc2c(c1)c1cc(C)ccc1n2-c1cc(-c2nc(-c3ccccc3)nc(-c3ccccc3)n2)ccc1-c1ccc(C(F)(F)F)cc1. The monoisotopic (exact) mass is 646 g/mol. The molecule has 8 rings (SSSR count). The van der Waals surface area contributed by atoms with E-state index in [-0.39, 0.29) is 0 Å². The summed E-state index contributed by atoms with van der Waals surface area (Å²) < 4.78 is 42.9. The van der Waals surface area contributed by atoms with Crippen molar-refractivity contribution in [2.75, 3.05) is 0 Å². The molecule has 0 saturated heterocycles. The van der Waals surface area contributed by atoms with E-state index in [2.05, 4.69) is 54.8 Å². The van der Waals surface area contributed by atoms with Gasteiger partial charge in [0, 0.05) is 33.0 Å². The summed E-state index contributed by atoms with van der Waals surface area (Å²) >= 11 is 0. The highest BCUT2D eigenvalue weighted by molar-refractivity contribution is 6.10. The third-order valence-corrected chi connectivity index (χ3v) is 8.80. The van der Waals surface area contributed by atoms with E-state index in [1.807, 2.05) is 78.9 Å². The molecule has 0 amide bonds. The van der Waals surface area contributed by atoms with Crippen LogP contribution in [0.25, 0.3) is 72.8 Å². The first-order chi connectivity index (χ1) is 23.7. The van der Waals surface area contributed by atoms with Gasteiger partial charge in [0.1, 0.15) is 0 Å². The van der Waals surface area contributed by atoms with E-state index in [9.17, 15) is 13.2 Å². The van der Waals surface area contributed by atoms with Crippen molar-refractivity contribution in [3.8, 4) is 51.0 Å². The highest BCUT2D eigenvalue weighted by Gasteiger charge is 2.30. The number of benzene rings is 6. The number of alkyl halides is 3. The van der Waals surface area contributed by atoms with Crippen molar-refractivity contribution in [1.82, 2.24) is 19.5 Å². The zero-order valence-electron chi connectivity index (χ0n) is 26.7. The van der Waals surface area contributed by atoms with Crippen LogP contribution >= 0.6 is 0 Å². The third kappa shape index (κ3) is 5.63. The minimum Gasteiger partial charge on any atom is -0.309 e. The topological polar surface area (TPSA) is 43.6 Å². The molecule has 0 radical (unpaired) electrons. The number of hydrogen-bond acceptors (Lipinski definition) is 3. The summed E-state index contributed by atoms with van der Waals surface area (Å²) in [5, 5.41) is 2.20. The number of nitrogens with zero attached hydrogens (tertiary/aromatic N) is 4. The lowest BCUT2D eigenvalue weighted by Gasteiger charge is -2.17. The number of fused-ring (bicyclic) bond motifs is 3. The number of rotatable bonds is 5. The normalized spacial score (nSPS) is 11.8. The predicted molar refractivity (Wildman–Crippen MR) is 190 cm³/mol. The first-order valence-electron chi connectivity index (χ1n) is 15.9. The van der Waals surface area contributed by atoms with Crippen molar-refractivity contribution in [2.24, 2.45) is 0 Å². The molecule has 0 saturated carbocycles. The Morgan fingerprint density at radius 2 is 0.939 bits per heavy atom. The van der Waals surface area contributed by atoms with Crippen molar-refractivity contribution < 1.29 is 13.2 Å². The van der Waals surface area contributed by atoms with E-state index >= 15 is 0 Å². The van der Waals surface area contributed by atoms with Gasteiger partial charge in [-0.05, 0) is 61.9 Å². The summed E-state index contributed by atoms with van der Waals surface area (Å²) in [6, 6.07) is 43.5. The molecule has 0 unspecified atom stereocenters. The molecule has 2 heterocycles. The Morgan fingerprint density at radius 3 is 1.43 bits per heavy atom. The molecule has 0 aliphatic carbocycles. The van der Waals surface area contributed by atoms with Crippen LogP contribution in [0.4, 0.5) is 13.2 Å². The Labute approximate surface area is 281 Å². The second kappa shape index (κ2) is 11.9. The van der Waals surface area contributed by atoms with Crippen LogP contribution in [0.3, 0.4) is 0 Å². The molecule has 7 heteroatoms. The second-order valence-corrected chi connectivity index (χ2v) is 12.2. The molecule has 2 aromatic heterocycles. The van der Waals surface area contributed by atoms with E-state index in [0.29, 0.717) is 23.0 Å². The summed E-state index contributed by atoms with van der Waals surface area (Å²) in [4.78, 5) is 14.8. The van der Waals surface area contributed by atoms with Gasteiger partial charge >= 0.3 is 6.18 Å². The van der Waals surface area contributed by atoms with Crippen molar-refractivity contribution in [1.29, 1.82) is 0 Å². The fraction of sp³-hybridized carbons (Fsp3) is 0.0714. The molecule has 0 atom stereocenters. The van der Waals surface area contributed by atoms with Gasteiger partial charge in [0.15, 0.2) is 17.5 Å². The highest BCUT2D eigenvalue weighted by atomic mass is 19.4. The Kier molecular flexibility index (Phi) is 7.33. The molecule has 0 aliphatic heterocycles. The van der Waals surface area contributed by atoms with Gasteiger partial charge in [-0.15, -0.1) is 0 Å². The Hall–Kier alpha value is -6.08. The van der Waals surface area contributed by atoms with Gasteiger partial charge in [-0.3, -0.25) is 0 Å². The van der Waals surface area contributed by atoms with E-state index in [0.717, 1.165) is 73.0 Å². The summed E-state index contributed by atoms with van der Waals surface area (Å²) in [6.07, 6.45) is -4.43. The lowest BCUT2D eigenvalue weighted by atomic mass is 9.99. The van der Waals surface area contributed by atoms with E-state index < -0.39 is 11.7 Å². The number of halogens is 3. The maximum atomic E-state index is 13.6. The minimum atomic E-state index is -4.43. The minimum absolute atomic E-state index is 0.486. The van der Waals surface area contributed by atoms with Crippen LogP contribution in [0.15, 0.2) is 140 Å². The molecule has 0 fully saturated rings. The van der Waals surface area contributed by atoms with Crippen molar-refractivity contribution >= 4 is 21.8 Å². The fourth-order valence-electron chi connectivity index (χ4n) is 6.39. The summed E-state index contributed by atoms with van der Waals surface area (Å²) in [5.74, 6) is 1.57. The average Bonchev–Trinajstić information content (AvgIpc) is 3.44. The molecule has 49 heavy (non-hydrogen) atoms. The van der Waals surface area contributed by atoms with E-state index in [1.165, 1.54) is 12.1 Å². The zero-order chi connectivity index (χ0) is 33.7. The van der Waals surface area contributed by atoms with Gasteiger partial charge in [-0.2, -0.15) is 13.2 Å². The Morgan fingerprint density at radius 1 is 0.469 bits per heavy atom. The number of aromatic nitrogens is 4. The lowest BCUT2D eigenvalue weighted by Crippen LogP contribution is -2.04. The molecule has 238 valence electrons. The smallest absolute Gasteiger partial charge is 0.309 e. The van der Waals surface area contributed by atoms with Gasteiger partial charge in [-0.1, -0.05) is 108 Å². The van der Waals surface area contributed by atoms with Crippen LogP contribution in [0.2, 0.25) is 0 Å². The third-order valence-electron chi connectivity index (χ3n) is 8.80.